The number of phenolic OH excluding ortho intramolecular Hbond substituents is 1. The number of phenols is 1. The first kappa shape index (κ1) is 16.6. The van der Waals surface area contributed by atoms with E-state index in [9.17, 15) is 15.2 Å². The lowest BCUT2D eigenvalue weighted by molar-refractivity contribution is -0.118. The molecule has 1 aromatic rings. The molecule has 116 valence electrons. The summed E-state index contributed by atoms with van der Waals surface area (Å²) in [6.07, 6.45) is 5.94. The molecule has 2 rings (SSSR count). The van der Waals surface area contributed by atoms with Crippen molar-refractivity contribution in [1.82, 2.24) is 5.32 Å². The maximum Gasteiger partial charge on any atom is 0.262 e. The van der Waals surface area contributed by atoms with Crippen molar-refractivity contribution in [2.75, 3.05) is 0 Å². The highest BCUT2D eigenvalue weighted by Crippen LogP contribution is 2.26. The molecule has 0 bridgehead atoms. The molecule has 5 heteroatoms. The molecule has 1 amide bonds. The summed E-state index contributed by atoms with van der Waals surface area (Å²) in [7, 11) is 0. The van der Waals surface area contributed by atoms with Crippen molar-refractivity contribution in [1.29, 1.82) is 5.26 Å². The van der Waals surface area contributed by atoms with Crippen molar-refractivity contribution in [3.63, 3.8) is 0 Å². The predicted molar refractivity (Wildman–Crippen MR) is 89.0 cm³/mol. The summed E-state index contributed by atoms with van der Waals surface area (Å²) < 4.78 is 0.528. The highest BCUT2D eigenvalue weighted by atomic mass is 79.9. The molecule has 0 spiro atoms. The molecule has 1 aliphatic carbocycles. The van der Waals surface area contributed by atoms with Crippen LogP contribution in [0.1, 0.15) is 38.2 Å². The molecule has 0 saturated heterocycles. The van der Waals surface area contributed by atoms with Gasteiger partial charge in [0.1, 0.15) is 17.4 Å². The number of hydrogen-bond donors (Lipinski definition) is 2. The Morgan fingerprint density at radius 3 is 2.82 bits per heavy atom. The average molecular weight is 363 g/mol. The second-order valence-electron chi connectivity index (χ2n) is 5.72. The van der Waals surface area contributed by atoms with Crippen LogP contribution >= 0.6 is 15.9 Å². The lowest BCUT2D eigenvalue weighted by Gasteiger charge is -2.29. The number of amides is 1. The topological polar surface area (TPSA) is 73.1 Å². The molecule has 2 atom stereocenters. The minimum absolute atomic E-state index is 0.0790. The average Bonchev–Trinajstić information content (AvgIpc) is 2.50. The fourth-order valence-corrected chi connectivity index (χ4v) is 3.10. The molecule has 22 heavy (non-hydrogen) atoms. The van der Waals surface area contributed by atoms with E-state index in [1.54, 1.807) is 12.1 Å². The van der Waals surface area contributed by atoms with Crippen molar-refractivity contribution < 1.29 is 9.90 Å². The van der Waals surface area contributed by atoms with Gasteiger partial charge in [0, 0.05) is 6.04 Å². The number of rotatable bonds is 3. The summed E-state index contributed by atoms with van der Waals surface area (Å²) in [5.74, 6) is 0.238. The van der Waals surface area contributed by atoms with Gasteiger partial charge in [-0.15, -0.1) is 0 Å². The number of nitrogens with one attached hydrogen (secondary N) is 1. The molecule has 0 unspecified atom stereocenters. The van der Waals surface area contributed by atoms with Crippen molar-refractivity contribution in [2.45, 2.75) is 38.6 Å². The van der Waals surface area contributed by atoms with Gasteiger partial charge in [-0.25, -0.2) is 0 Å². The van der Waals surface area contributed by atoms with Gasteiger partial charge in [-0.1, -0.05) is 25.8 Å². The lowest BCUT2D eigenvalue weighted by Crippen LogP contribution is -2.41. The Morgan fingerprint density at radius 2 is 2.18 bits per heavy atom. The van der Waals surface area contributed by atoms with Gasteiger partial charge in [0.25, 0.3) is 5.91 Å². The zero-order valence-corrected chi connectivity index (χ0v) is 14.1. The van der Waals surface area contributed by atoms with Crippen LogP contribution in [0.15, 0.2) is 28.2 Å². The van der Waals surface area contributed by atoms with Gasteiger partial charge in [-0.2, -0.15) is 5.26 Å². The molecule has 1 fully saturated rings. The van der Waals surface area contributed by atoms with E-state index in [-0.39, 0.29) is 23.3 Å². The lowest BCUT2D eigenvalue weighted by atomic mass is 9.86. The van der Waals surface area contributed by atoms with Crippen molar-refractivity contribution >= 4 is 27.9 Å². The van der Waals surface area contributed by atoms with Crippen LogP contribution in [0.4, 0.5) is 0 Å². The number of nitrogens with zero attached hydrogens (tertiary/aromatic N) is 1. The van der Waals surface area contributed by atoms with E-state index in [2.05, 4.69) is 28.2 Å². The summed E-state index contributed by atoms with van der Waals surface area (Å²) in [5.41, 5.74) is 0.767. The molecule has 1 aromatic carbocycles. The minimum Gasteiger partial charge on any atom is -0.507 e. The van der Waals surface area contributed by atoms with E-state index in [0.717, 1.165) is 19.3 Å². The maximum absolute atomic E-state index is 12.3. The van der Waals surface area contributed by atoms with Crippen LogP contribution in [0.25, 0.3) is 6.08 Å². The number of aromatic hydroxyl groups is 1. The van der Waals surface area contributed by atoms with E-state index in [1.165, 1.54) is 18.6 Å². The van der Waals surface area contributed by atoms with E-state index < -0.39 is 0 Å². The third-order valence-electron chi connectivity index (χ3n) is 4.08. The smallest absolute Gasteiger partial charge is 0.262 e. The van der Waals surface area contributed by atoms with Gasteiger partial charge >= 0.3 is 0 Å². The number of benzene rings is 1. The molecule has 0 heterocycles. The van der Waals surface area contributed by atoms with Crippen LogP contribution in [-0.2, 0) is 4.79 Å². The molecular weight excluding hydrogens is 344 g/mol. The van der Waals surface area contributed by atoms with Crippen molar-refractivity contribution in [2.24, 2.45) is 5.92 Å². The summed E-state index contributed by atoms with van der Waals surface area (Å²) in [4.78, 5) is 12.3. The van der Waals surface area contributed by atoms with Crippen LogP contribution < -0.4 is 5.32 Å². The van der Waals surface area contributed by atoms with Crippen LogP contribution in [0, 0.1) is 17.2 Å². The molecule has 0 aromatic heterocycles. The molecule has 4 nitrogen and oxygen atoms in total. The fourth-order valence-electron chi connectivity index (χ4n) is 2.71. The van der Waals surface area contributed by atoms with Gasteiger partial charge in [0.15, 0.2) is 0 Å². The van der Waals surface area contributed by atoms with Crippen molar-refractivity contribution in [3.8, 4) is 11.8 Å². The third-order valence-corrected chi connectivity index (χ3v) is 4.71. The Morgan fingerprint density at radius 1 is 1.45 bits per heavy atom. The quantitative estimate of drug-likeness (QED) is 0.635. The second-order valence-corrected chi connectivity index (χ2v) is 6.58. The standard InChI is InChI=1S/C17H19BrN2O2/c1-11-4-2-3-5-15(11)20-17(22)13(10-19)8-12-6-7-16(21)14(18)9-12/h6-9,11,15,21H,2-5H2,1H3,(H,20,22)/b13-8+/t11-,15+/m0/s1. The van der Waals surface area contributed by atoms with E-state index in [4.69, 9.17) is 0 Å². The van der Waals surface area contributed by atoms with Crippen LogP contribution in [-0.4, -0.2) is 17.1 Å². The summed E-state index contributed by atoms with van der Waals surface area (Å²) >= 11 is 3.22. The maximum atomic E-state index is 12.3. The molecule has 1 aliphatic rings. The third kappa shape index (κ3) is 4.11. The van der Waals surface area contributed by atoms with Gasteiger partial charge in [0.05, 0.1) is 4.47 Å². The Balaban J connectivity index is 2.13. The molecule has 1 saturated carbocycles. The van der Waals surface area contributed by atoms with E-state index in [1.807, 2.05) is 6.07 Å². The van der Waals surface area contributed by atoms with Gasteiger partial charge in [-0.3, -0.25) is 4.79 Å². The Bertz CT molecular complexity index is 634. The number of halogens is 1. The van der Waals surface area contributed by atoms with Gasteiger partial charge in [-0.05, 0) is 58.5 Å². The van der Waals surface area contributed by atoms with Crippen LogP contribution in [0.3, 0.4) is 0 Å². The van der Waals surface area contributed by atoms with Crippen LogP contribution in [0.2, 0.25) is 0 Å². The molecule has 2 N–H and O–H groups in total. The number of hydrogen-bond acceptors (Lipinski definition) is 3. The monoisotopic (exact) mass is 362 g/mol. The molecule has 0 aliphatic heterocycles. The Labute approximate surface area is 139 Å². The molecule has 0 radical (unpaired) electrons. The largest absolute Gasteiger partial charge is 0.507 e. The highest BCUT2D eigenvalue weighted by molar-refractivity contribution is 9.10. The fraction of sp³-hybridized carbons (Fsp3) is 0.412. The summed E-state index contributed by atoms with van der Waals surface area (Å²) in [5, 5.41) is 21.7. The summed E-state index contributed by atoms with van der Waals surface area (Å²) in [6, 6.07) is 6.95. The first-order chi connectivity index (χ1) is 10.5. The van der Waals surface area contributed by atoms with Crippen molar-refractivity contribution in [3.05, 3.63) is 33.8 Å². The number of carbonyl (C=O) groups is 1. The zero-order valence-electron chi connectivity index (χ0n) is 12.5. The van der Waals surface area contributed by atoms with Gasteiger partial charge in [0.2, 0.25) is 0 Å². The minimum atomic E-state index is -0.328. The first-order valence-corrected chi connectivity index (χ1v) is 8.21. The van der Waals surface area contributed by atoms with E-state index in [0.29, 0.717) is 16.0 Å². The zero-order chi connectivity index (χ0) is 16.1. The SMILES string of the molecule is C[C@H]1CCCC[C@H]1NC(=O)/C(C#N)=C/c1ccc(O)c(Br)c1. The van der Waals surface area contributed by atoms with Gasteiger partial charge < -0.3 is 10.4 Å². The number of carbonyl (C=O) groups excluding carboxylic acids is 1. The Kier molecular flexibility index (Phi) is 5.62. The van der Waals surface area contributed by atoms with E-state index >= 15 is 0 Å². The predicted octanol–water partition coefficient (Wildman–Crippen LogP) is 3.76. The summed E-state index contributed by atoms with van der Waals surface area (Å²) in [6.45, 7) is 2.14. The van der Waals surface area contributed by atoms with Crippen LogP contribution in [0.5, 0.6) is 5.75 Å². The highest BCUT2D eigenvalue weighted by Gasteiger charge is 2.24. The number of nitriles is 1. The normalized spacial score (nSPS) is 22.0. The Hall–Kier alpha value is -1.80. The molecular formula is C17H19BrN2O2. The first-order valence-electron chi connectivity index (χ1n) is 7.42. The second kappa shape index (κ2) is 7.46.